The van der Waals surface area contributed by atoms with Gasteiger partial charge >= 0.3 is 0 Å². The highest BCUT2D eigenvalue weighted by Gasteiger charge is 2.19. The average Bonchev–Trinajstić information content (AvgIpc) is 1.94. The van der Waals surface area contributed by atoms with Gasteiger partial charge in [0, 0.05) is 5.71 Å². The van der Waals surface area contributed by atoms with Gasteiger partial charge in [0.1, 0.15) is 6.10 Å². The van der Waals surface area contributed by atoms with Crippen molar-refractivity contribution in [2.45, 2.75) is 31.8 Å². The molecule has 0 radical (unpaired) electrons. The molecule has 1 aliphatic rings. The van der Waals surface area contributed by atoms with Crippen molar-refractivity contribution >= 4 is 12.2 Å². The van der Waals surface area contributed by atoms with Gasteiger partial charge in [-0.2, -0.15) is 0 Å². The van der Waals surface area contributed by atoms with Crippen LogP contribution in [0.2, 0.25) is 0 Å². The van der Waals surface area contributed by atoms with Crippen LogP contribution in [-0.2, 0) is 9.53 Å². The Kier molecular flexibility index (Phi) is 2.42. The van der Waals surface area contributed by atoms with Crippen LogP contribution in [0.5, 0.6) is 0 Å². The summed E-state index contributed by atoms with van der Waals surface area (Å²) < 4.78 is 4.69. The van der Waals surface area contributed by atoms with Crippen molar-refractivity contribution in [2.24, 2.45) is 0 Å². The highest BCUT2D eigenvalue weighted by molar-refractivity contribution is 5.87. The van der Waals surface area contributed by atoms with Crippen LogP contribution in [0.3, 0.4) is 0 Å². The monoisotopic (exact) mass is 141 g/mol. The maximum atomic E-state index is 9.90. The van der Waals surface area contributed by atoms with E-state index in [9.17, 15) is 4.79 Å². The molecule has 3 nitrogen and oxygen atoms in total. The van der Waals surface area contributed by atoms with Crippen LogP contribution in [0, 0.1) is 5.41 Å². The largest absolute Gasteiger partial charge is 0.458 e. The summed E-state index contributed by atoms with van der Waals surface area (Å²) in [7, 11) is 0. The van der Waals surface area contributed by atoms with Gasteiger partial charge in [-0.15, -0.1) is 0 Å². The first-order valence-corrected chi connectivity index (χ1v) is 3.51. The van der Waals surface area contributed by atoms with E-state index in [0.29, 0.717) is 12.2 Å². The van der Waals surface area contributed by atoms with Gasteiger partial charge in [-0.1, -0.05) is 0 Å². The normalized spacial score (nSPS) is 26.0. The maximum absolute atomic E-state index is 9.90. The molecule has 0 amide bonds. The maximum Gasteiger partial charge on any atom is 0.293 e. The highest BCUT2D eigenvalue weighted by atomic mass is 16.5. The SMILES string of the molecule is N=C1CCCCC1OC=O. The first-order valence-electron chi connectivity index (χ1n) is 3.51. The van der Waals surface area contributed by atoms with E-state index in [1.54, 1.807) is 0 Å². The lowest BCUT2D eigenvalue weighted by atomic mass is 9.96. The molecule has 0 bridgehead atoms. The molecule has 1 saturated carbocycles. The predicted octanol–water partition coefficient (Wildman–Crippen LogP) is 1.12. The molecule has 1 aliphatic carbocycles. The number of hydrogen-bond donors (Lipinski definition) is 1. The Balaban J connectivity index is 2.39. The summed E-state index contributed by atoms with van der Waals surface area (Å²) >= 11 is 0. The zero-order chi connectivity index (χ0) is 7.40. The zero-order valence-corrected chi connectivity index (χ0v) is 5.80. The minimum Gasteiger partial charge on any atom is -0.458 e. The van der Waals surface area contributed by atoms with Crippen molar-refractivity contribution in [1.82, 2.24) is 0 Å². The van der Waals surface area contributed by atoms with Crippen molar-refractivity contribution in [3.8, 4) is 0 Å². The second-order valence-corrected chi connectivity index (χ2v) is 2.49. The third-order valence-electron chi connectivity index (χ3n) is 1.77. The predicted molar refractivity (Wildman–Crippen MR) is 37.1 cm³/mol. The topological polar surface area (TPSA) is 50.1 Å². The molecule has 0 saturated heterocycles. The zero-order valence-electron chi connectivity index (χ0n) is 5.80. The van der Waals surface area contributed by atoms with Crippen LogP contribution in [-0.4, -0.2) is 18.3 Å². The van der Waals surface area contributed by atoms with E-state index in [0.717, 1.165) is 25.7 Å². The Morgan fingerprint density at radius 2 is 2.40 bits per heavy atom. The van der Waals surface area contributed by atoms with E-state index in [-0.39, 0.29) is 6.10 Å². The Hall–Kier alpha value is -0.860. The molecule has 10 heavy (non-hydrogen) atoms. The number of hydrogen-bond acceptors (Lipinski definition) is 3. The third kappa shape index (κ3) is 1.56. The number of nitrogens with one attached hydrogen (secondary N) is 1. The molecule has 1 N–H and O–H groups in total. The smallest absolute Gasteiger partial charge is 0.293 e. The fourth-order valence-corrected chi connectivity index (χ4v) is 1.20. The lowest BCUT2D eigenvalue weighted by Gasteiger charge is -2.20. The van der Waals surface area contributed by atoms with Gasteiger partial charge in [-0.3, -0.25) is 4.79 Å². The van der Waals surface area contributed by atoms with Crippen LogP contribution >= 0.6 is 0 Å². The van der Waals surface area contributed by atoms with Crippen molar-refractivity contribution in [3.63, 3.8) is 0 Å². The second-order valence-electron chi connectivity index (χ2n) is 2.49. The minimum absolute atomic E-state index is 0.216. The number of carbonyl (C=O) groups excluding carboxylic acids is 1. The number of carbonyl (C=O) groups is 1. The molecular weight excluding hydrogens is 130 g/mol. The van der Waals surface area contributed by atoms with E-state index in [1.807, 2.05) is 0 Å². The first-order chi connectivity index (χ1) is 4.84. The van der Waals surface area contributed by atoms with E-state index in [2.05, 4.69) is 4.74 Å². The Morgan fingerprint density at radius 1 is 1.60 bits per heavy atom. The molecule has 0 aromatic carbocycles. The van der Waals surface area contributed by atoms with Crippen LogP contribution in [0.25, 0.3) is 0 Å². The molecule has 1 unspecified atom stereocenters. The van der Waals surface area contributed by atoms with Gasteiger partial charge in [-0.25, -0.2) is 0 Å². The fraction of sp³-hybridized carbons (Fsp3) is 0.714. The Morgan fingerprint density at radius 3 is 3.00 bits per heavy atom. The molecular formula is C7H11NO2. The molecule has 0 aromatic heterocycles. The lowest BCUT2D eigenvalue weighted by molar-refractivity contribution is -0.131. The minimum atomic E-state index is -0.216. The standard InChI is InChI=1S/C7H11NO2/c8-6-3-1-2-4-7(6)10-5-9/h5,7-8H,1-4H2. The molecule has 0 aliphatic heterocycles. The first kappa shape index (κ1) is 7.25. The van der Waals surface area contributed by atoms with Gasteiger partial charge in [-0.05, 0) is 25.7 Å². The molecule has 0 spiro atoms. The summed E-state index contributed by atoms with van der Waals surface area (Å²) in [5.74, 6) is 0. The van der Waals surface area contributed by atoms with E-state index >= 15 is 0 Å². The Labute approximate surface area is 59.9 Å². The van der Waals surface area contributed by atoms with Gasteiger partial charge in [0.05, 0.1) is 0 Å². The third-order valence-corrected chi connectivity index (χ3v) is 1.77. The number of rotatable bonds is 2. The van der Waals surface area contributed by atoms with E-state index < -0.39 is 0 Å². The quantitative estimate of drug-likeness (QED) is 0.586. The fourth-order valence-electron chi connectivity index (χ4n) is 1.20. The van der Waals surface area contributed by atoms with Gasteiger partial charge in [0.25, 0.3) is 6.47 Å². The van der Waals surface area contributed by atoms with Crippen LogP contribution in [0.15, 0.2) is 0 Å². The van der Waals surface area contributed by atoms with Gasteiger partial charge in [0.15, 0.2) is 0 Å². The lowest BCUT2D eigenvalue weighted by Crippen LogP contribution is -2.26. The molecule has 1 fully saturated rings. The summed E-state index contributed by atoms with van der Waals surface area (Å²) in [6, 6.07) is 0. The molecule has 0 heterocycles. The Bertz CT molecular complexity index is 145. The van der Waals surface area contributed by atoms with Crippen molar-refractivity contribution < 1.29 is 9.53 Å². The summed E-state index contributed by atoms with van der Waals surface area (Å²) in [6.07, 6.45) is 3.54. The molecule has 1 rings (SSSR count). The average molecular weight is 141 g/mol. The van der Waals surface area contributed by atoms with Gasteiger partial charge in [0.2, 0.25) is 0 Å². The second kappa shape index (κ2) is 3.34. The molecule has 0 aromatic rings. The van der Waals surface area contributed by atoms with Gasteiger partial charge < -0.3 is 10.1 Å². The summed E-state index contributed by atoms with van der Waals surface area (Å²) in [5, 5.41) is 7.37. The molecule has 56 valence electrons. The van der Waals surface area contributed by atoms with Crippen LogP contribution < -0.4 is 0 Å². The summed E-state index contributed by atoms with van der Waals surface area (Å²) in [4.78, 5) is 9.90. The molecule has 3 heteroatoms. The van der Waals surface area contributed by atoms with Crippen molar-refractivity contribution in [1.29, 1.82) is 5.41 Å². The van der Waals surface area contributed by atoms with E-state index in [1.165, 1.54) is 0 Å². The van der Waals surface area contributed by atoms with E-state index in [4.69, 9.17) is 5.41 Å². The number of ether oxygens (including phenoxy) is 1. The summed E-state index contributed by atoms with van der Waals surface area (Å²) in [5.41, 5.74) is 0.568. The van der Waals surface area contributed by atoms with Crippen LogP contribution in [0.4, 0.5) is 0 Å². The van der Waals surface area contributed by atoms with Crippen LogP contribution in [0.1, 0.15) is 25.7 Å². The molecule has 1 atom stereocenters. The summed E-state index contributed by atoms with van der Waals surface area (Å²) in [6.45, 7) is 0.435. The van der Waals surface area contributed by atoms with Crippen molar-refractivity contribution in [3.05, 3.63) is 0 Å². The highest BCUT2D eigenvalue weighted by Crippen LogP contribution is 2.16. The van der Waals surface area contributed by atoms with Crippen molar-refractivity contribution in [2.75, 3.05) is 0 Å².